The van der Waals surface area contributed by atoms with Crippen LogP contribution >= 0.6 is 0 Å². The maximum atomic E-state index is 6.44. The topological polar surface area (TPSA) is 30.4 Å². The lowest BCUT2D eigenvalue weighted by Crippen LogP contribution is -1.83. The summed E-state index contributed by atoms with van der Waals surface area (Å²) < 4.78 is 8.83. The number of hydrogen-bond acceptors (Lipinski definition) is 2. The monoisotopic (exact) mass is 408 g/mol. The molecule has 4 heterocycles. The predicted octanol–water partition coefficient (Wildman–Crippen LogP) is 7.80. The molecule has 0 atom stereocenters. The van der Waals surface area contributed by atoms with Crippen molar-refractivity contribution in [2.45, 2.75) is 0 Å². The first-order valence-electron chi connectivity index (χ1n) is 10.8. The number of furan rings is 1. The second-order valence-electron chi connectivity index (χ2n) is 8.42. The van der Waals surface area contributed by atoms with Crippen molar-refractivity contribution in [1.29, 1.82) is 0 Å². The van der Waals surface area contributed by atoms with Crippen molar-refractivity contribution in [2.75, 3.05) is 0 Å². The van der Waals surface area contributed by atoms with E-state index in [0.29, 0.717) is 0 Å². The lowest BCUT2D eigenvalue weighted by atomic mass is 10.0. The third-order valence-electron chi connectivity index (χ3n) is 6.77. The molecule has 0 aliphatic carbocycles. The summed E-state index contributed by atoms with van der Waals surface area (Å²) in [5.41, 5.74) is 7.67. The van der Waals surface area contributed by atoms with E-state index in [-0.39, 0.29) is 0 Å². The quantitative estimate of drug-likeness (QED) is 0.277. The number of nitrogens with zero attached hydrogens (tertiary/aromatic N) is 2. The van der Waals surface area contributed by atoms with Gasteiger partial charge in [-0.05, 0) is 42.5 Å². The fourth-order valence-corrected chi connectivity index (χ4v) is 5.43. The highest BCUT2D eigenvalue weighted by Crippen LogP contribution is 2.45. The van der Waals surface area contributed by atoms with Crippen molar-refractivity contribution < 1.29 is 4.42 Å². The van der Waals surface area contributed by atoms with E-state index in [0.717, 1.165) is 27.8 Å². The van der Waals surface area contributed by atoms with Gasteiger partial charge in [0.05, 0.1) is 27.6 Å². The first kappa shape index (κ1) is 16.3. The molecule has 0 spiro atoms. The van der Waals surface area contributed by atoms with Gasteiger partial charge < -0.3 is 8.82 Å². The number of para-hydroxylation sites is 2. The van der Waals surface area contributed by atoms with Gasteiger partial charge in [0.15, 0.2) is 0 Å². The summed E-state index contributed by atoms with van der Waals surface area (Å²) >= 11 is 0. The Bertz CT molecular complexity index is 1980. The maximum absolute atomic E-state index is 6.44. The van der Waals surface area contributed by atoms with E-state index in [9.17, 15) is 0 Å². The maximum Gasteiger partial charge on any atom is 0.145 e. The zero-order valence-electron chi connectivity index (χ0n) is 17.0. The highest BCUT2D eigenvalue weighted by molar-refractivity contribution is 6.32. The highest BCUT2D eigenvalue weighted by Gasteiger charge is 2.22. The Hall–Kier alpha value is -4.37. The van der Waals surface area contributed by atoms with Crippen LogP contribution in [0.3, 0.4) is 0 Å². The lowest BCUT2D eigenvalue weighted by Gasteiger charge is -2.02. The largest absolute Gasteiger partial charge is 0.455 e. The summed E-state index contributed by atoms with van der Waals surface area (Å²) in [5.74, 6) is 0. The van der Waals surface area contributed by atoms with Crippen LogP contribution in [-0.4, -0.2) is 9.38 Å². The standard InChI is InChI=1S/C29H16N2O/c1-3-10-24-19(8-1)27-28-21(16-22-18-7-2-4-11-26(18)32-29(22)27)20-15-17(12-13-25(20)31(24)28)23-9-5-6-14-30-23/h1-16H. The number of aromatic nitrogens is 2. The second kappa shape index (κ2) is 5.65. The van der Waals surface area contributed by atoms with Crippen molar-refractivity contribution >= 4 is 60.0 Å². The van der Waals surface area contributed by atoms with Gasteiger partial charge in [0.1, 0.15) is 11.2 Å². The van der Waals surface area contributed by atoms with E-state index in [4.69, 9.17) is 4.42 Å². The molecular formula is C29H16N2O. The average molecular weight is 408 g/mol. The molecule has 0 bridgehead atoms. The molecule has 0 aliphatic rings. The second-order valence-corrected chi connectivity index (χ2v) is 8.42. The molecule has 0 saturated heterocycles. The first-order chi connectivity index (χ1) is 15.9. The van der Waals surface area contributed by atoms with Gasteiger partial charge in [0.2, 0.25) is 0 Å². The van der Waals surface area contributed by atoms with Crippen LogP contribution in [0.4, 0.5) is 0 Å². The molecule has 0 saturated carbocycles. The van der Waals surface area contributed by atoms with Gasteiger partial charge in [0, 0.05) is 38.7 Å². The van der Waals surface area contributed by atoms with Crippen LogP contribution in [0.5, 0.6) is 0 Å². The van der Waals surface area contributed by atoms with Gasteiger partial charge >= 0.3 is 0 Å². The Kier molecular flexibility index (Phi) is 2.89. The Balaban J connectivity index is 1.65. The third-order valence-corrected chi connectivity index (χ3v) is 6.77. The fraction of sp³-hybridized carbons (Fsp3) is 0. The molecule has 0 aliphatic heterocycles. The van der Waals surface area contributed by atoms with E-state index in [1.165, 1.54) is 43.5 Å². The van der Waals surface area contributed by atoms with E-state index in [1.807, 2.05) is 24.4 Å². The number of hydrogen-bond donors (Lipinski definition) is 0. The van der Waals surface area contributed by atoms with Crippen LogP contribution < -0.4 is 0 Å². The minimum Gasteiger partial charge on any atom is -0.455 e. The van der Waals surface area contributed by atoms with Gasteiger partial charge in [-0.15, -0.1) is 0 Å². The number of pyridine rings is 1. The van der Waals surface area contributed by atoms with Crippen LogP contribution in [0.2, 0.25) is 0 Å². The van der Waals surface area contributed by atoms with Crippen molar-refractivity contribution in [3.8, 4) is 11.3 Å². The summed E-state index contributed by atoms with van der Waals surface area (Å²) in [4.78, 5) is 4.57. The molecule has 4 aromatic heterocycles. The smallest absolute Gasteiger partial charge is 0.145 e. The molecule has 0 N–H and O–H groups in total. The van der Waals surface area contributed by atoms with E-state index in [1.54, 1.807) is 0 Å². The molecule has 0 radical (unpaired) electrons. The Morgan fingerprint density at radius 2 is 1.44 bits per heavy atom. The van der Waals surface area contributed by atoms with Gasteiger partial charge in [-0.25, -0.2) is 0 Å². The molecule has 3 nitrogen and oxygen atoms in total. The van der Waals surface area contributed by atoms with Gasteiger partial charge in [0.25, 0.3) is 0 Å². The molecule has 8 rings (SSSR count). The fourth-order valence-electron chi connectivity index (χ4n) is 5.43. The van der Waals surface area contributed by atoms with Gasteiger partial charge in [-0.1, -0.05) is 48.5 Å². The molecule has 8 aromatic rings. The zero-order chi connectivity index (χ0) is 20.8. The third kappa shape index (κ3) is 1.89. The van der Waals surface area contributed by atoms with E-state index in [2.05, 4.69) is 82.2 Å². The number of benzene rings is 4. The average Bonchev–Trinajstić information content (AvgIpc) is 3.50. The lowest BCUT2D eigenvalue weighted by molar-refractivity contribution is 0.673. The number of rotatable bonds is 1. The van der Waals surface area contributed by atoms with Crippen molar-refractivity contribution in [3.05, 3.63) is 97.2 Å². The summed E-state index contributed by atoms with van der Waals surface area (Å²) in [5, 5.41) is 7.25. The summed E-state index contributed by atoms with van der Waals surface area (Å²) in [6.45, 7) is 0. The Morgan fingerprint density at radius 3 is 2.34 bits per heavy atom. The van der Waals surface area contributed by atoms with Gasteiger partial charge in [-0.3, -0.25) is 4.98 Å². The summed E-state index contributed by atoms with van der Waals surface area (Å²) in [6, 6.07) is 32.0. The SMILES string of the molecule is c1ccc(-c2ccc3c(c2)c2cc4c5ccccc5oc4c4c5ccccc5n3c24)nc1. The van der Waals surface area contributed by atoms with Crippen LogP contribution in [0.1, 0.15) is 0 Å². The van der Waals surface area contributed by atoms with Crippen LogP contribution in [-0.2, 0) is 0 Å². The minimum atomic E-state index is 0.931. The van der Waals surface area contributed by atoms with E-state index >= 15 is 0 Å². The van der Waals surface area contributed by atoms with Gasteiger partial charge in [-0.2, -0.15) is 0 Å². The molecule has 4 aromatic carbocycles. The molecule has 3 heteroatoms. The van der Waals surface area contributed by atoms with Crippen LogP contribution in [0.15, 0.2) is 102 Å². The Morgan fingerprint density at radius 1 is 0.625 bits per heavy atom. The summed E-state index contributed by atoms with van der Waals surface area (Å²) in [6.07, 6.45) is 1.85. The van der Waals surface area contributed by atoms with Crippen molar-refractivity contribution in [2.24, 2.45) is 0 Å². The minimum absolute atomic E-state index is 0.931. The Labute approximate surface area is 182 Å². The van der Waals surface area contributed by atoms with Crippen molar-refractivity contribution in [1.82, 2.24) is 9.38 Å². The van der Waals surface area contributed by atoms with Crippen LogP contribution in [0.25, 0.3) is 71.3 Å². The molecule has 32 heavy (non-hydrogen) atoms. The zero-order valence-corrected chi connectivity index (χ0v) is 17.0. The molecule has 0 unspecified atom stereocenters. The van der Waals surface area contributed by atoms with Crippen molar-refractivity contribution in [3.63, 3.8) is 0 Å². The first-order valence-corrected chi connectivity index (χ1v) is 10.8. The summed E-state index contributed by atoms with van der Waals surface area (Å²) in [7, 11) is 0. The number of fused-ring (bicyclic) bond motifs is 10. The van der Waals surface area contributed by atoms with Crippen LogP contribution in [0, 0.1) is 0 Å². The van der Waals surface area contributed by atoms with E-state index < -0.39 is 0 Å². The molecule has 0 fully saturated rings. The molecular weight excluding hydrogens is 392 g/mol. The molecule has 148 valence electrons. The molecule has 0 amide bonds. The highest BCUT2D eigenvalue weighted by atomic mass is 16.3. The predicted molar refractivity (Wildman–Crippen MR) is 132 cm³/mol. The normalized spacial score (nSPS) is 12.4.